The van der Waals surface area contributed by atoms with Crippen LogP contribution in [0.3, 0.4) is 0 Å². The Kier molecular flexibility index (Phi) is 5.82. The zero-order valence-electron chi connectivity index (χ0n) is 19.2. The molecule has 0 aromatic heterocycles. The van der Waals surface area contributed by atoms with Gasteiger partial charge in [0.05, 0.1) is 24.2 Å². The standard InChI is InChI=1S/C22H40BN3O3/c1-7-19(26(8-2)20(27)14-25(6)16-9-10-24-13-16)23-28-18-12-15-11-17(21(15,3)4)22(18,5)29-23/h15-19,24H,7-14H2,1-6H3. The second-order valence-electron chi connectivity index (χ2n) is 10.6. The molecule has 6 unspecified atom stereocenters. The van der Waals surface area contributed by atoms with Crippen LogP contribution in [-0.2, 0) is 14.1 Å². The highest BCUT2D eigenvalue weighted by Gasteiger charge is 2.68. The largest absolute Gasteiger partial charge is 0.481 e. The van der Waals surface area contributed by atoms with Crippen molar-refractivity contribution in [3.63, 3.8) is 0 Å². The van der Waals surface area contributed by atoms with Gasteiger partial charge in [0.1, 0.15) is 0 Å². The maximum absolute atomic E-state index is 13.2. The molecule has 2 heterocycles. The van der Waals surface area contributed by atoms with Gasteiger partial charge in [-0.05, 0) is 70.4 Å². The van der Waals surface area contributed by atoms with Gasteiger partial charge in [-0.25, -0.2) is 0 Å². The molecule has 1 amide bonds. The van der Waals surface area contributed by atoms with Crippen LogP contribution in [0, 0.1) is 17.3 Å². The number of nitrogens with zero attached hydrogens (tertiary/aromatic N) is 2. The number of carbonyl (C=O) groups is 1. The number of nitrogens with one attached hydrogen (secondary N) is 1. The lowest BCUT2D eigenvalue weighted by molar-refractivity contribution is -0.199. The number of likely N-dealkylation sites (N-methyl/N-ethyl adjacent to an activating group) is 2. The van der Waals surface area contributed by atoms with E-state index in [4.69, 9.17) is 9.31 Å². The number of hydrogen-bond acceptors (Lipinski definition) is 5. The molecule has 3 aliphatic carbocycles. The molecule has 164 valence electrons. The minimum Gasteiger partial charge on any atom is -0.404 e. The number of amides is 1. The highest BCUT2D eigenvalue weighted by Crippen LogP contribution is 2.65. The Balaban J connectivity index is 1.44. The fraction of sp³-hybridized carbons (Fsp3) is 0.955. The Bertz CT molecular complexity index is 626. The van der Waals surface area contributed by atoms with Crippen molar-refractivity contribution in [3.8, 4) is 0 Å². The molecule has 5 fully saturated rings. The van der Waals surface area contributed by atoms with Crippen LogP contribution in [0.5, 0.6) is 0 Å². The van der Waals surface area contributed by atoms with Gasteiger partial charge >= 0.3 is 7.12 Å². The van der Waals surface area contributed by atoms with Crippen LogP contribution < -0.4 is 5.32 Å². The number of carbonyl (C=O) groups excluding carboxylic acids is 1. The predicted molar refractivity (Wildman–Crippen MR) is 115 cm³/mol. The van der Waals surface area contributed by atoms with Gasteiger partial charge in [-0.15, -0.1) is 0 Å². The zero-order chi connectivity index (χ0) is 21.0. The monoisotopic (exact) mass is 405 g/mol. The minimum atomic E-state index is -0.312. The van der Waals surface area contributed by atoms with Crippen LogP contribution in [0.1, 0.15) is 60.3 Å². The van der Waals surface area contributed by atoms with E-state index in [0.717, 1.165) is 38.3 Å². The summed E-state index contributed by atoms with van der Waals surface area (Å²) < 4.78 is 13.2. The Morgan fingerprint density at radius 3 is 2.62 bits per heavy atom. The summed E-state index contributed by atoms with van der Waals surface area (Å²) in [5, 5.41) is 3.39. The molecule has 7 heteroatoms. The molecule has 0 aromatic carbocycles. The van der Waals surface area contributed by atoms with E-state index in [1.807, 2.05) is 4.90 Å². The van der Waals surface area contributed by atoms with Crippen LogP contribution in [0.15, 0.2) is 0 Å². The fourth-order valence-electron chi connectivity index (χ4n) is 6.67. The first-order valence-corrected chi connectivity index (χ1v) is 11.8. The number of rotatable bonds is 7. The maximum Gasteiger partial charge on any atom is 0.481 e. The van der Waals surface area contributed by atoms with Gasteiger partial charge in [-0.3, -0.25) is 9.69 Å². The van der Waals surface area contributed by atoms with E-state index in [2.05, 4.69) is 51.9 Å². The summed E-state index contributed by atoms with van der Waals surface area (Å²) in [6.07, 6.45) is 4.47. The van der Waals surface area contributed by atoms with Crippen molar-refractivity contribution in [1.29, 1.82) is 0 Å². The summed E-state index contributed by atoms with van der Waals surface area (Å²) in [5.74, 6) is 1.45. The quantitative estimate of drug-likeness (QED) is 0.658. The fourth-order valence-corrected chi connectivity index (χ4v) is 6.67. The Morgan fingerprint density at radius 1 is 1.28 bits per heavy atom. The summed E-state index contributed by atoms with van der Waals surface area (Å²) in [4.78, 5) is 17.4. The average molecular weight is 405 g/mol. The summed E-state index contributed by atoms with van der Waals surface area (Å²) in [5.41, 5.74) is 0.120. The lowest BCUT2D eigenvalue weighted by Gasteiger charge is -2.64. The highest BCUT2D eigenvalue weighted by molar-refractivity contribution is 6.47. The van der Waals surface area contributed by atoms with E-state index in [9.17, 15) is 4.79 Å². The first-order valence-electron chi connectivity index (χ1n) is 11.8. The first kappa shape index (κ1) is 21.6. The molecule has 1 N–H and O–H groups in total. The molecule has 2 aliphatic heterocycles. The van der Waals surface area contributed by atoms with Gasteiger partial charge in [-0.2, -0.15) is 0 Å². The van der Waals surface area contributed by atoms with E-state index >= 15 is 0 Å². The van der Waals surface area contributed by atoms with Crippen molar-refractivity contribution in [2.24, 2.45) is 17.3 Å². The normalized spacial score (nSPS) is 38.7. The molecule has 6 nitrogen and oxygen atoms in total. The molecule has 5 aliphatic rings. The maximum atomic E-state index is 13.2. The predicted octanol–water partition coefficient (Wildman–Crippen LogP) is 2.17. The van der Waals surface area contributed by atoms with E-state index in [0.29, 0.717) is 30.5 Å². The van der Waals surface area contributed by atoms with Crippen LogP contribution >= 0.6 is 0 Å². The van der Waals surface area contributed by atoms with Crippen LogP contribution in [0.2, 0.25) is 0 Å². The van der Waals surface area contributed by atoms with Crippen molar-refractivity contribution in [2.75, 3.05) is 33.2 Å². The molecule has 29 heavy (non-hydrogen) atoms. The zero-order valence-corrected chi connectivity index (χ0v) is 19.2. The first-order chi connectivity index (χ1) is 13.7. The topological polar surface area (TPSA) is 54.0 Å². The summed E-state index contributed by atoms with van der Waals surface area (Å²) in [7, 11) is 1.75. The molecule has 3 saturated carbocycles. The van der Waals surface area contributed by atoms with Crippen molar-refractivity contribution in [3.05, 3.63) is 0 Å². The molecule has 0 radical (unpaired) electrons. The lowest BCUT2D eigenvalue weighted by atomic mass is 9.43. The molecular weight excluding hydrogens is 365 g/mol. The van der Waals surface area contributed by atoms with Gasteiger partial charge < -0.3 is 19.5 Å². The summed E-state index contributed by atoms with van der Waals surface area (Å²) in [6, 6.07) is 0.451. The molecule has 5 rings (SSSR count). The highest BCUT2D eigenvalue weighted by atomic mass is 16.7. The van der Waals surface area contributed by atoms with E-state index in [1.54, 1.807) is 0 Å². The molecule has 6 atom stereocenters. The summed E-state index contributed by atoms with van der Waals surface area (Å²) >= 11 is 0. The third-order valence-electron chi connectivity index (χ3n) is 8.80. The van der Waals surface area contributed by atoms with Crippen LogP contribution in [-0.4, -0.2) is 79.7 Å². The molecule has 0 spiro atoms. The van der Waals surface area contributed by atoms with Crippen molar-refractivity contribution in [1.82, 2.24) is 15.1 Å². The lowest BCUT2D eigenvalue weighted by Crippen LogP contribution is -2.65. The third-order valence-corrected chi connectivity index (χ3v) is 8.80. The van der Waals surface area contributed by atoms with Gasteiger partial charge in [-0.1, -0.05) is 20.8 Å². The molecule has 2 saturated heterocycles. The van der Waals surface area contributed by atoms with E-state index in [-0.39, 0.29) is 30.7 Å². The third kappa shape index (κ3) is 3.46. The minimum absolute atomic E-state index is 0.0228. The summed E-state index contributed by atoms with van der Waals surface area (Å²) in [6.45, 7) is 14.4. The second kappa shape index (κ2) is 7.81. The van der Waals surface area contributed by atoms with Gasteiger partial charge in [0.2, 0.25) is 5.91 Å². The SMILES string of the molecule is CCC(B1OC2CC3CC(C3(C)C)C2(C)O1)N(CC)C(=O)CN(C)C1CCNC1. The van der Waals surface area contributed by atoms with Crippen LogP contribution in [0.25, 0.3) is 0 Å². The van der Waals surface area contributed by atoms with E-state index < -0.39 is 0 Å². The van der Waals surface area contributed by atoms with E-state index in [1.165, 1.54) is 6.42 Å². The Morgan fingerprint density at radius 2 is 2.03 bits per heavy atom. The average Bonchev–Trinajstić information content (AvgIpc) is 3.32. The van der Waals surface area contributed by atoms with Crippen molar-refractivity contribution >= 4 is 13.0 Å². The Labute approximate surface area is 177 Å². The van der Waals surface area contributed by atoms with Crippen LogP contribution in [0.4, 0.5) is 0 Å². The van der Waals surface area contributed by atoms with Gasteiger partial charge in [0, 0.05) is 19.1 Å². The van der Waals surface area contributed by atoms with Gasteiger partial charge in [0.25, 0.3) is 0 Å². The molecular formula is C22H40BN3O3. The Hall–Kier alpha value is -0.625. The smallest absolute Gasteiger partial charge is 0.404 e. The number of hydrogen-bond donors (Lipinski definition) is 1. The second-order valence-corrected chi connectivity index (χ2v) is 10.6. The molecule has 2 bridgehead atoms. The van der Waals surface area contributed by atoms with Crippen molar-refractivity contribution < 1.29 is 14.1 Å². The van der Waals surface area contributed by atoms with Gasteiger partial charge in [0.15, 0.2) is 0 Å². The molecule has 0 aromatic rings. The van der Waals surface area contributed by atoms with Crippen molar-refractivity contribution in [2.45, 2.75) is 84.0 Å².